The van der Waals surface area contributed by atoms with E-state index in [1.165, 1.54) is 0 Å². The summed E-state index contributed by atoms with van der Waals surface area (Å²) < 4.78 is 4.30. The maximum Gasteiger partial charge on any atom is 0.166 e. The highest BCUT2D eigenvalue weighted by Gasteiger charge is 2.51. The van der Waals surface area contributed by atoms with Gasteiger partial charge in [-0.15, -0.1) is 0 Å². The first-order valence-corrected chi connectivity index (χ1v) is 9.32. The van der Waals surface area contributed by atoms with Crippen LogP contribution in [0.1, 0.15) is 0 Å². The van der Waals surface area contributed by atoms with Crippen LogP contribution in [0.25, 0.3) is 0 Å². The Morgan fingerprint density at radius 1 is 0.864 bits per heavy atom. The van der Waals surface area contributed by atoms with Gasteiger partial charge in [-0.25, -0.2) is 4.67 Å². The van der Waals surface area contributed by atoms with Crippen LogP contribution in [-0.4, -0.2) is 37.9 Å². The van der Waals surface area contributed by atoms with Crippen LogP contribution in [0.2, 0.25) is 0 Å². The van der Waals surface area contributed by atoms with E-state index in [-0.39, 0.29) is 0 Å². The fraction of sp³-hybridized carbons (Fsp3) is 0.294. The van der Waals surface area contributed by atoms with Crippen molar-refractivity contribution in [1.29, 1.82) is 0 Å². The van der Waals surface area contributed by atoms with Crippen LogP contribution in [-0.2, 0) is 0 Å². The van der Waals surface area contributed by atoms with Crippen LogP contribution in [0.3, 0.4) is 0 Å². The van der Waals surface area contributed by atoms with Crippen LogP contribution in [0.5, 0.6) is 0 Å². The third-order valence-electron chi connectivity index (χ3n) is 4.64. The Balaban J connectivity index is 1.88. The molecule has 1 atom stereocenters. The second kappa shape index (κ2) is 5.24. The summed E-state index contributed by atoms with van der Waals surface area (Å²) in [4.78, 5) is 16.4. The fourth-order valence-electron chi connectivity index (χ4n) is 3.47. The van der Waals surface area contributed by atoms with Crippen LogP contribution in [0, 0.1) is 0 Å². The van der Waals surface area contributed by atoms with E-state index in [4.69, 9.17) is 0 Å². The molecule has 0 saturated carbocycles. The van der Waals surface area contributed by atoms with E-state index in [1.807, 2.05) is 36.4 Å². The molecule has 1 saturated heterocycles. The predicted molar refractivity (Wildman–Crippen MR) is 91.6 cm³/mol. The molecule has 5 heteroatoms. The third-order valence-corrected chi connectivity index (χ3v) is 7.89. The Morgan fingerprint density at radius 3 is 2.36 bits per heavy atom. The van der Waals surface area contributed by atoms with Gasteiger partial charge in [0.15, 0.2) is 13.1 Å². The van der Waals surface area contributed by atoms with Gasteiger partial charge in [0, 0.05) is 13.6 Å². The second-order valence-electron chi connectivity index (χ2n) is 5.87. The van der Waals surface area contributed by atoms with Crippen LogP contribution >= 0.6 is 7.79 Å². The first-order chi connectivity index (χ1) is 10.7. The summed E-state index contributed by atoms with van der Waals surface area (Å²) in [6.07, 6.45) is 0. The van der Waals surface area contributed by atoms with Crippen molar-refractivity contribution < 1.29 is 4.89 Å². The number of nitrogens with zero attached hydrogens (tertiary/aromatic N) is 3. The summed E-state index contributed by atoms with van der Waals surface area (Å²) >= 11 is 0. The molecule has 22 heavy (non-hydrogen) atoms. The van der Waals surface area contributed by atoms with E-state index in [2.05, 4.69) is 39.5 Å². The third kappa shape index (κ3) is 1.95. The highest BCUT2D eigenvalue weighted by molar-refractivity contribution is 7.76. The van der Waals surface area contributed by atoms with Crippen molar-refractivity contribution in [1.82, 2.24) is 4.67 Å². The molecule has 0 aromatic heterocycles. The fourth-order valence-corrected chi connectivity index (χ4v) is 6.69. The van der Waals surface area contributed by atoms with Gasteiger partial charge in [-0.2, -0.15) is 4.67 Å². The van der Waals surface area contributed by atoms with E-state index >= 15 is 0 Å². The predicted octanol–water partition coefficient (Wildman–Crippen LogP) is 1.71. The molecule has 2 heterocycles. The molecular weight excluding hydrogens is 293 g/mol. The number of anilines is 2. The lowest BCUT2D eigenvalue weighted by Gasteiger charge is -2.39. The standard InChI is InChI=1S/C17H20N3OP/c1-18-11-12-19-13-14-20(15-7-3-2-4-8-15)22(19,21)17-10-6-5-9-16(17)18/h2-10H,11-14H2,1H3. The lowest BCUT2D eigenvalue weighted by Crippen LogP contribution is -2.40. The maximum absolute atomic E-state index is 14.1. The minimum absolute atomic E-state index is 0.819. The summed E-state index contributed by atoms with van der Waals surface area (Å²) in [5.74, 6) is 0. The molecule has 2 aliphatic heterocycles. The lowest BCUT2D eigenvalue weighted by molar-refractivity contribution is -0.176. The average Bonchev–Trinajstić information content (AvgIpc) is 2.86. The van der Waals surface area contributed by atoms with Crippen LogP contribution in [0.15, 0.2) is 54.6 Å². The zero-order chi connectivity index (χ0) is 15.2. The minimum atomic E-state index is -2.75. The van der Waals surface area contributed by atoms with Gasteiger partial charge in [0.2, 0.25) is 0 Å². The molecule has 2 aromatic carbocycles. The van der Waals surface area contributed by atoms with Crippen molar-refractivity contribution in [3.05, 3.63) is 54.6 Å². The van der Waals surface area contributed by atoms with Crippen molar-refractivity contribution in [2.45, 2.75) is 0 Å². The van der Waals surface area contributed by atoms with E-state index in [0.717, 1.165) is 42.9 Å². The molecule has 1 fully saturated rings. The zero-order valence-corrected chi connectivity index (χ0v) is 13.6. The molecule has 0 bridgehead atoms. The van der Waals surface area contributed by atoms with Gasteiger partial charge < -0.3 is 9.79 Å². The van der Waals surface area contributed by atoms with Gasteiger partial charge in [-0.1, -0.05) is 30.3 Å². The summed E-state index contributed by atoms with van der Waals surface area (Å²) in [6.45, 7) is 3.42. The van der Waals surface area contributed by atoms with E-state index in [1.54, 1.807) is 0 Å². The topological polar surface area (TPSA) is 32.8 Å². The molecule has 4 rings (SSSR count). The smallest absolute Gasteiger partial charge is 0.166 e. The number of para-hydroxylation sites is 2. The van der Waals surface area contributed by atoms with Crippen LogP contribution in [0.4, 0.5) is 11.4 Å². The number of hydrogen-bond donors (Lipinski definition) is 0. The van der Waals surface area contributed by atoms with Gasteiger partial charge in [-0.05, 0) is 24.3 Å². The molecule has 2 aliphatic rings. The molecular formula is C17H20N3OP. The summed E-state index contributed by atoms with van der Waals surface area (Å²) in [5, 5.41) is 0.969. The zero-order valence-electron chi connectivity index (χ0n) is 12.7. The van der Waals surface area contributed by atoms with Crippen LogP contribution < -0.4 is 19.8 Å². The number of benzene rings is 2. The van der Waals surface area contributed by atoms with Crippen molar-refractivity contribution in [3.8, 4) is 0 Å². The Morgan fingerprint density at radius 2 is 1.55 bits per heavy atom. The van der Waals surface area contributed by atoms with Crippen molar-refractivity contribution in [2.24, 2.45) is 0 Å². The highest BCUT2D eigenvalue weighted by Crippen LogP contribution is 2.62. The summed E-state index contributed by atoms with van der Waals surface area (Å²) in [5.41, 5.74) is 2.14. The largest absolute Gasteiger partial charge is 0.642 e. The SMILES string of the molecule is CN1CCN2CCN(c3ccccc3)[P+]2([O-])c2ccccc21. The quantitative estimate of drug-likeness (QED) is 0.751. The minimum Gasteiger partial charge on any atom is -0.642 e. The molecule has 0 aliphatic carbocycles. The average molecular weight is 313 g/mol. The Kier molecular flexibility index (Phi) is 3.33. The number of rotatable bonds is 1. The molecule has 2 aromatic rings. The number of likely N-dealkylation sites (N-methyl/N-ethyl adjacent to an activating group) is 1. The van der Waals surface area contributed by atoms with Gasteiger partial charge in [0.1, 0.15) is 0 Å². The summed E-state index contributed by atoms with van der Waals surface area (Å²) in [6, 6.07) is 18.3. The van der Waals surface area contributed by atoms with E-state index in [9.17, 15) is 4.89 Å². The van der Waals surface area contributed by atoms with Crippen molar-refractivity contribution >= 4 is 24.5 Å². The highest BCUT2D eigenvalue weighted by atomic mass is 31.2. The number of fused-ring (bicyclic) bond motifs is 3. The normalized spacial score (nSPS) is 24.8. The summed E-state index contributed by atoms with van der Waals surface area (Å²) in [7, 11) is -0.668. The number of hydrogen-bond acceptors (Lipinski definition) is 4. The molecule has 114 valence electrons. The Bertz CT molecular complexity index is 681. The monoisotopic (exact) mass is 313 g/mol. The maximum atomic E-state index is 14.1. The van der Waals surface area contributed by atoms with Gasteiger partial charge >= 0.3 is 0 Å². The second-order valence-corrected chi connectivity index (χ2v) is 8.49. The van der Waals surface area contributed by atoms with Gasteiger partial charge in [0.05, 0.1) is 31.0 Å². The van der Waals surface area contributed by atoms with Crippen molar-refractivity contribution in [2.75, 3.05) is 42.8 Å². The first kappa shape index (κ1) is 14.0. The lowest BCUT2D eigenvalue weighted by atomic mass is 10.3. The first-order valence-electron chi connectivity index (χ1n) is 7.70. The molecule has 0 N–H and O–H groups in total. The van der Waals surface area contributed by atoms with Gasteiger partial charge in [0.25, 0.3) is 0 Å². The molecule has 0 radical (unpaired) electrons. The van der Waals surface area contributed by atoms with Gasteiger partial charge in [-0.3, -0.25) is 0 Å². The Labute approximate surface area is 132 Å². The molecule has 4 nitrogen and oxygen atoms in total. The van der Waals surface area contributed by atoms with E-state index in [0.29, 0.717) is 0 Å². The van der Waals surface area contributed by atoms with Crippen molar-refractivity contribution in [3.63, 3.8) is 0 Å². The molecule has 0 spiro atoms. The molecule has 1 unspecified atom stereocenters. The molecule has 0 amide bonds. The Hall–Kier alpha value is -1.61. The van der Waals surface area contributed by atoms with E-state index < -0.39 is 7.79 Å².